The van der Waals surface area contributed by atoms with Gasteiger partial charge in [0.2, 0.25) is 0 Å². The normalized spacial score (nSPS) is 12.2. The van der Waals surface area contributed by atoms with E-state index < -0.39 is 12.0 Å². The molecule has 0 radical (unpaired) electrons. The summed E-state index contributed by atoms with van der Waals surface area (Å²) in [6.45, 7) is 6.59. The SMILES string of the molecule is CCOc1cc(C)c(CCC(N)C(=O)O)cc1C. The van der Waals surface area contributed by atoms with Crippen molar-refractivity contribution in [2.75, 3.05) is 6.61 Å². The van der Waals surface area contributed by atoms with E-state index in [1.165, 1.54) is 0 Å². The van der Waals surface area contributed by atoms with Crippen molar-refractivity contribution < 1.29 is 14.6 Å². The number of carboxylic acid groups (broad SMARTS) is 1. The number of nitrogens with two attached hydrogens (primary N) is 1. The van der Waals surface area contributed by atoms with Crippen LogP contribution in [0.3, 0.4) is 0 Å². The summed E-state index contributed by atoms with van der Waals surface area (Å²) in [5, 5.41) is 8.75. The van der Waals surface area contributed by atoms with Gasteiger partial charge in [0.05, 0.1) is 6.61 Å². The van der Waals surface area contributed by atoms with E-state index in [2.05, 4.69) is 6.07 Å². The van der Waals surface area contributed by atoms with E-state index in [0.717, 1.165) is 22.4 Å². The fourth-order valence-electron chi connectivity index (χ4n) is 1.86. The minimum Gasteiger partial charge on any atom is -0.494 e. The number of benzene rings is 1. The van der Waals surface area contributed by atoms with Crippen LogP contribution in [-0.2, 0) is 11.2 Å². The molecular weight excluding hydrogens is 230 g/mol. The van der Waals surface area contributed by atoms with Crippen molar-refractivity contribution >= 4 is 5.97 Å². The highest BCUT2D eigenvalue weighted by Crippen LogP contribution is 2.24. The van der Waals surface area contributed by atoms with Crippen LogP contribution in [0.2, 0.25) is 0 Å². The standard InChI is InChI=1S/C14H21NO3/c1-4-18-13-8-9(2)11(7-10(13)3)5-6-12(15)14(16)17/h7-8,12H,4-6,15H2,1-3H3,(H,16,17). The molecule has 100 valence electrons. The zero-order chi connectivity index (χ0) is 13.7. The van der Waals surface area contributed by atoms with E-state index in [1.54, 1.807) is 0 Å². The summed E-state index contributed by atoms with van der Waals surface area (Å²) in [4.78, 5) is 10.7. The van der Waals surface area contributed by atoms with Gasteiger partial charge in [-0.3, -0.25) is 4.79 Å². The molecular formula is C14H21NO3. The first kappa shape index (κ1) is 14.5. The van der Waals surface area contributed by atoms with E-state index >= 15 is 0 Å². The van der Waals surface area contributed by atoms with Crippen molar-refractivity contribution in [3.05, 3.63) is 28.8 Å². The van der Waals surface area contributed by atoms with Crippen molar-refractivity contribution in [1.29, 1.82) is 0 Å². The molecule has 0 aromatic heterocycles. The van der Waals surface area contributed by atoms with Crippen LogP contribution in [0.15, 0.2) is 12.1 Å². The summed E-state index contributed by atoms with van der Waals surface area (Å²) in [6.07, 6.45) is 1.12. The topological polar surface area (TPSA) is 72.5 Å². The first-order valence-corrected chi connectivity index (χ1v) is 6.17. The molecule has 0 amide bonds. The van der Waals surface area contributed by atoms with Gasteiger partial charge >= 0.3 is 5.97 Å². The molecule has 1 aromatic rings. The lowest BCUT2D eigenvalue weighted by Crippen LogP contribution is -2.30. The summed E-state index contributed by atoms with van der Waals surface area (Å²) in [5.41, 5.74) is 8.82. The van der Waals surface area contributed by atoms with Gasteiger partial charge in [0.15, 0.2) is 0 Å². The Morgan fingerprint density at radius 2 is 2.06 bits per heavy atom. The molecule has 0 heterocycles. The number of hydrogen-bond donors (Lipinski definition) is 2. The van der Waals surface area contributed by atoms with Gasteiger partial charge in [-0.05, 0) is 56.4 Å². The van der Waals surface area contributed by atoms with Gasteiger partial charge in [0, 0.05) is 0 Å². The fraction of sp³-hybridized carbons (Fsp3) is 0.500. The molecule has 0 spiro atoms. The molecule has 18 heavy (non-hydrogen) atoms. The van der Waals surface area contributed by atoms with Crippen molar-refractivity contribution in [2.24, 2.45) is 5.73 Å². The first-order chi connectivity index (χ1) is 8.45. The molecule has 0 bridgehead atoms. The van der Waals surface area contributed by atoms with E-state index in [0.29, 0.717) is 19.4 Å². The van der Waals surface area contributed by atoms with Crippen LogP contribution in [0.1, 0.15) is 30.0 Å². The predicted molar refractivity (Wildman–Crippen MR) is 71.0 cm³/mol. The highest BCUT2D eigenvalue weighted by Gasteiger charge is 2.12. The Labute approximate surface area is 108 Å². The smallest absolute Gasteiger partial charge is 0.320 e. The monoisotopic (exact) mass is 251 g/mol. The zero-order valence-electron chi connectivity index (χ0n) is 11.2. The molecule has 1 atom stereocenters. The fourth-order valence-corrected chi connectivity index (χ4v) is 1.86. The molecule has 3 N–H and O–H groups in total. The van der Waals surface area contributed by atoms with Crippen LogP contribution in [0.25, 0.3) is 0 Å². The molecule has 1 unspecified atom stereocenters. The zero-order valence-corrected chi connectivity index (χ0v) is 11.2. The minimum atomic E-state index is -0.949. The lowest BCUT2D eigenvalue weighted by atomic mass is 9.98. The number of aryl methyl sites for hydroxylation is 3. The van der Waals surface area contributed by atoms with Gasteiger partial charge in [-0.1, -0.05) is 6.07 Å². The summed E-state index contributed by atoms with van der Waals surface area (Å²) < 4.78 is 5.52. The van der Waals surface area contributed by atoms with Crippen LogP contribution in [0.5, 0.6) is 5.75 Å². The Morgan fingerprint density at radius 3 is 2.61 bits per heavy atom. The molecule has 0 aliphatic rings. The van der Waals surface area contributed by atoms with E-state index in [9.17, 15) is 4.79 Å². The molecule has 0 saturated heterocycles. The number of hydrogen-bond acceptors (Lipinski definition) is 3. The molecule has 1 rings (SSSR count). The number of carbonyl (C=O) groups is 1. The van der Waals surface area contributed by atoms with Gasteiger partial charge in [-0.25, -0.2) is 0 Å². The lowest BCUT2D eigenvalue weighted by molar-refractivity contribution is -0.138. The summed E-state index contributed by atoms with van der Waals surface area (Å²) in [6, 6.07) is 3.26. The van der Waals surface area contributed by atoms with Gasteiger partial charge < -0.3 is 15.6 Å². The highest BCUT2D eigenvalue weighted by atomic mass is 16.5. The van der Waals surface area contributed by atoms with Crippen LogP contribution in [-0.4, -0.2) is 23.7 Å². The summed E-state index contributed by atoms with van der Waals surface area (Å²) in [5.74, 6) is -0.0587. The average Bonchev–Trinajstić information content (AvgIpc) is 2.31. The number of rotatable bonds is 6. The Morgan fingerprint density at radius 1 is 1.39 bits per heavy atom. The third kappa shape index (κ3) is 3.74. The van der Waals surface area contributed by atoms with Crippen LogP contribution in [0.4, 0.5) is 0 Å². The quantitative estimate of drug-likeness (QED) is 0.811. The largest absolute Gasteiger partial charge is 0.494 e. The van der Waals surface area contributed by atoms with E-state index in [4.69, 9.17) is 15.6 Å². The van der Waals surface area contributed by atoms with E-state index in [-0.39, 0.29) is 0 Å². The van der Waals surface area contributed by atoms with Gasteiger partial charge in [0.25, 0.3) is 0 Å². The van der Waals surface area contributed by atoms with Gasteiger partial charge in [-0.15, -0.1) is 0 Å². The molecule has 0 aliphatic heterocycles. The third-order valence-corrected chi connectivity index (χ3v) is 2.98. The maximum absolute atomic E-state index is 10.7. The van der Waals surface area contributed by atoms with Crippen LogP contribution >= 0.6 is 0 Å². The highest BCUT2D eigenvalue weighted by molar-refractivity contribution is 5.73. The Balaban J connectivity index is 2.78. The second-order valence-electron chi connectivity index (χ2n) is 4.46. The molecule has 1 aromatic carbocycles. The number of ether oxygens (including phenoxy) is 1. The number of aliphatic carboxylic acids is 1. The first-order valence-electron chi connectivity index (χ1n) is 6.17. The molecule has 4 nitrogen and oxygen atoms in total. The summed E-state index contributed by atoms with van der Waals surface area (Å²) in [7, 11) is 0. The Kier molecular flexibility index (Phi) is 5.16. The maximum Gasteiger partial charge on any atom is 0.320 e. The van der Waals surface area contributed by atoms with Crippen molar-refractivity contribution in [2.45, 2.75) is 39.7 Å². The maximum atomic E-state index is 10.7. The van der Waals surface area contributed by atoms with Crippen LogP contribution in [0, 0.1) is 13.8 Å². The van der Waals surface area contributed by atoms with Crippen molar-refractivity contribution in [1.82, 2.24) is 0 Å². The second-order valence-corrected chi connectivity index (χ2v) is 4.46. The second kappa shape index (κ2) is 6.40. The summed E-state index contributed by atoms with van der Waals surface area (Å²) >= 11 is 0. The molecule has 0 aliphatic carbocycles. The predicted octanol–water partition coefficient (Wildman–Crippen LogP) is 2.05. The lowest BCUT2D eigenvalue weighted by Gasteiger charge is -2.13. The van der Waals surface area contributed by atoms with Crippen LogP contribution < -0.4 is 10.5 Å². The van der Waals surface area contributed by atoms with Crippen molar-refractivity contribution in [3.63, 3.8) is 0 Å². The van der Waals surface area contributed by atoms with Gasteiger partial charge in [-0.2, -0.15) is 0 Å². The van der Waals surface area contributed by atoms with E-state index in [1.807, 2.05) is 26.8 Å². The molecule has 0 fully saturated rings. The Hall–Kier alpha value is -1.55. The molecule has 4 heteroatoms. The minimum absolute atomic E-state index is 0.448. The van der Waals surface area contributed by atoms with Gasteiger partial charge in [0.1, 0.15) is 11.8 Å². The average molecular weight is 251 g/mol. The Bertz CT molecular complexity index is 429. The third-order valence-electron chi connectivity index (χ3n) is 2.98. The number of carboxylic acids is 1. The van der Waals surface area contributed by atoms with Crippen molar-refractivity contribution in [3.8, 4) is 5.75 Å². The molecule has 0 saturated carbocycles.